The average molecular weight is 286 g/mol. The summed E-state index contributed by atoms with van der Waals surface area (Å²) in [4.78, 5) is 0. The molecule has 1 saturated heterocycles. The normalized spacial score (nSPS) is 23.8. The van der Waals surface area contributed by atoms with Gasteiger partial charge in [0.15, 0.2) is 0 Å². The summed E-state index contributed by atoms with van der Waals surface area (Å²) in [5.41, 5.74) is 0. The molecule has 0 N–H and O–H groups in total. The van der Waals surface area contributed by atoms with Crippen LogP contribution < -0.4 is 10.6 Å². The fourth-order valence-electron chi connectivity index (χ4n) is 2.71. The minimum atomic E-state index is 0.106. The van der Waals surface area contributed by atoms with Crippen molar-refractivity contribution in [3.63, 3.8) is 0 Å². The van der Waals surface area contributed by atoms with E-state index in [1.807, 2.05) is 0 Å². The molecule has 19 heavy (non-hydrogen) atoms. The minimum Gasteiger partial charge on any atom is -0.0749 e. The molecule has 1 heterocycles. The summed E-state index contributed by atoms with van der Waals surface area (Å²) in [7, 11) is 0.211. The number of benzene rings is 2. The molecule has 2 aromatic carbocycles. The lowest BCUT2D eigenvalue weighted by atomic mass is 10.4. The third-order valence-corrected chi connectivity index (χ3v) is 9.39. The van der Waals surface area contributed by atoms with Gasteiger partial charge in [0.1, 0.15) is 0 Å². The summed E-state index contributed by atoms with van der Waals surface area (Å²) in [6, 6.07) is 22.4. The van der Waals surface area contributed by atoms with E-state index in [1.165, 1.54) is 31.1 Å². The van der Waals surface area contributed by atoms with Crippen LogP contribution in [0, 0.1) is 0 Å². The Morgan fingerprint density at radius 3 is 1.37 bits per heavy atom. The summed E-state index contributed by atoms with van der Waals surface area (Å²) in [5, 5.41) is 3.23. The van der Waals surface area contributed by atoms with Gasteiger partial charge in [0.25, 0.3) is 0 Å². The highest BCUT2D eigenvalue weighted by Gasteiger charge is 2.20. The zero-order valence-corrected chi connectivity index (χ0v) is 13.0. The predicted octanol–water partition coefficient (Wildman–Crippen LogP) is 4.00. The zero-order valence-electron chi connectivity index (χ0n) is 11.2. The van der Waals surface area contributed by atoms with E-state index in [1.54, 1.807) is 10.6 Å². The Kier molecular flexibility index (Phi) is 4.65. The maximum Gasteiger partial charge on any atom is -0.0240 e. The van der Waals surface area contributed by atoms with E-state index in [0.29, 0.717) is 0 Å². The second kappa shape index (κ2) is 6.65. The Bertz CT molecular complexity index is 448. The highest BCUT2D eigenvalue weighted by atomic mass is 31.1. The van der Waals surface area contributed by atoms with Crippen molar-refractivity contribution in [1.82, 2.24) is 0 Å². The van der Waals surface area contributed by atoms with E-state index in [2.05, 4.69) is 60.7 Å². The van der Waals surface area contributed by atoms with E-state index in [4.69, 9.17) is 0 Å². The third-order valence-electron chi connectivity index (χ3n) is 3.74. The Balaban J connectivity index is 1.69. The van der Waals surface area contributed by atoms with Gasteiger partial charge in [-0.2, -0.15) is 0 Å². The first-order valence-corrected chi connectivity index (χ1v) is 10.5. The lowest BCUT2D eigenvalue weighted by Gasteiger charge is -2.16. The monoisotopic (exact) mass is 286 g/mol. The Labute approximate surface area is 118 Å². The van der Waals surface area contributed by atoms with Gasteiger partial charge in [0, 0.05) is 0 Å². The van der Waals surface area contributed by atoms with Gasteiger partial charge in [0.05, 0.1) is 0 Å². The summed E-state index contributed by atoms with van der Waals surface area (Å²) in [6.07, 6.45) is 7.15. The van der Waals surface area contributed by atoms with Crippen LogP contribution in [0.3, 0.4) is 0 Å². The van der Waals surface area contributed by atoms with Crippen molar-refractivity contribution >= 4 is 26.5 Å². The first-order valence-electron chi connectivity index (χ1n) is 7.03. The predicted molar refractivity (Wildman–Crippen MR) is 90.1 cm³/mol. The zero-order chi connectivity index (χ0) is 12.9. The van der Waals surface area contributed by atoms with E-state index in [9.17, 15) is 0 Å². The second-order valence-electron chi connectivity index (χ2n) is 5.00. The van der Waals surface area contributed by atoms with Crippen LogP contribution in [0.5, 0.6) is 0 Å². The number of hydrogen-bond donors (Lipinski definition) is 0. The lowest BCUT2D eigenvalue weighted by molar-refractivity contribution is 1.11. The van der Waals surface area contributed by atoms with Crippen LogP contribution in [0.1, 0.15) is 6.42 Å². The third kappa shape index (κ3) is 3.44. The first-order chi connectivity index (χ1) is 9.43. The van der Waals surface area contributed by atoms with E-state index >= 15 is 0 Å². The molecular formula is C17H20P2. The lowest BCUT2D eigenvalue weighted by Crippen LogP contribution is -2.07. The van der Waals surface area contributed by atoms with Gasteiger partial charge in [0.2, 0.25) is 0 Å². The molecule has 3 rings (SSSR count). The smallest absolute Gasteiger partial charge is 0.0240 e. The number of rotatable bonds is 2. The Morgan fingerprint density at radius 1 is 0.526 bits per heavy atom. The Morgan fingerprint density at radius 2 is 0.947 bits per heavy atom. The molecule has 1 aliphatic rings. The molecule has 0 radical (unpaired) electrons. The van der Waals surface area contributed by atoms with Crippen molar-refractivity contribution in [3.8, 4) is 0 Å². The standard InChI is InChI=1S/C17H20P2/c1-3-8-16(9-4-1)18-12-7-13-19(15-14-18)17-10-5-2-6-11-17/h1-6,8-11H,7,12-15H2/t18-,19+. The molecule has 98 valence electrons. The van der Waals surface area contributed by atoms with Crippen LogP contribution in [0.2, 0.25) is 0 Å². The summed E-state index contributed by atoms with van der Waals surface area (Å²) in [5.74, 6) is 0. The van der Waals surface area contributed by atoms with Crippen molar-refractivity contribution in [2.24, 2.45) is 0 Å². The second-order valence-corrected chi connectivity index (χ2v) is 9.98. The molecule has 0 saturated carbocycles. The van der Waals surface area contributed by atoms with Gasteiger partial charge >= 0.3 is 0 Å². The SMILES string of the molecule is c1ccc([P@]2CCC[P@](c3ccccc3)CC2)cc1. The molecule has 0 aliphatic carbocycles. The molecule has 2 heteroatoms. The molecule has 0 aromatic heterocycles. The minimum absolute atomic E-state index is 0.106. The van der Waals surface area contributed by atoms with Crippen LogP contribution in [-0.2, 0) is 0 Å². The molecule has 2 aromatic rings. The van der Waals surface area contributed by atoms with Crippen molar-refractivity contribution in [1.29, 1.82) is 0 Å². The molecular weight excluding hydrogens is 266 g/mol. The Hall–Kier alpha value is -0.700. The van der Waals surface area contributed by atoms with Gasteiger partial charge < -0.3 is 0 Å². The average Bonchev–Trinajstić information content (AvgIpc) is 2.75. The van der Waals surface area contributed by atoms with Crippen LogP contribution in [0.25, 0.3) is 0 Å². The van der Waals surface area contributed by atoms with Crippen LogP contribution >= 0.6 is 15.8 Å². The maximum atomic E-state index is 2.34. The maximum absolute atomic E-state index is 2.34. The van der Waals surface area contributed by atoms with Crippen molar-refractivity contribution in [3.05, 3.63) is 60.7 Å². The summed E-state index contributed by atoms with van der Waals surface area (Å²) < 4.78 is 0. The van der Waals surface area contributed by atoms with Crippen molar-refractivity contribution < 1.29 is 0 Å². The summed E-state index contributed by atoms with van der Waals surface area (Å²) >= 11 is 0. The fraction of sp³-hybridized carbons (Fsp3) is 0.294. The quantitative estimate of drug-likeness (QED) is 0.732. The molecule has 0 nitrogen and oxygen atoms in total. The molecule has 0 amide bonds. The van der Waals surface area contributed by atoms with E-state index in [-0.39, 0.29) is 15.8 Å². The van der Waals surface area contributed by atoms with Gasteiger partial charge in [-0.1, -0.05) is 76.5 Å². The molecule has 1 fully saturated rings. The van der Waals surface area contributed by atoms with Crippen LogP contribution in [0.4, 0.5) is 0 Å². The largest absolute Gasteiger partial charge is 0.0749 e. The highest BCUT2D eigenvalue weighted by molar-refractivity contribution is 7.70. The summed E-state index contributed by atoms with van der Waals surface area (Å²) in [6.45, 7) is 0. The van der Waals surface area contributed by atoms with Crippen molar-refractivity contribution in [2.45, 2.75) is 6.42 Å². The van der Waals surface area contributed by atoms with E-state index < -0.39 is 0 Å². The fourth-order valence-corrected chi connectivity index (χ4v) is 8.64. The van der Waals surface area contributed by atoms with Gasteiger partial charge in [-0.3, -0.25) is 0 Å². The molecule has 0 unspecified atom stereocenters. The van der Waals surface area contributed by atoms with E-state index in [0.717, 1.165) is 0 Å². The molecule has 1 aliphatic heterocycles. The van der Waals surface area contributed by atoms with Gasteiger partial charge in [-0.25, -0.2) is 0 Å². The molecule has 0 spiro atoms. The highest BCUT2D eigenvalue weighted by Crippen LogP contribution is 2.46. The topological polar surface area (TPSA) is 0 Å². The first kappa shape index (κ1) is 13.3. The molecule has 0 bridgehead atoms. The van der Waals surface area contributed by atoms with Crippen LogP contribution in [0.15, 0.2) is 60.7 Å². The van der Waals surface area contributed by atoms with Crippen LogP contribution in [-0.4, -0.2) is 24.6 Å². The van der Waals surface area contributed by atoms with Crippen molar-refractivity contribution in [2.75, 3.05) is 24.6 Å². The molecule has 2 atom stereocenters. The number of hydrogen-bond acceptors (Lipinski definition) is 0. The van der Waals surface area contributed by atoms with Gasteiger partial charge in [-0.15, -0.1) is 0 Å². The van der Waals surface area contributed by atoms with Gasteiger partial charge in [-0.05, 0) is 41.7 Å².